The Labute approximate surface area is 170 Å². The lowest BCUT2D eigenvalue weighted by atomic mass is 9.88. The standard InChI is InChI=1S/C19H26N6O3S/c1-22(2)13-17-21-10-12-23(17)15-5-7-16(8-6-15)24-14-19(18(20)26)9-3-4-11-25(19)29(24,27)28/h5-8,10,12H,3-4,9,11,13-14H2,1-2H3,(H2,20,26)/t19-/m1/s1. The number of nitrogens with two attached hydrogens (primary N) is 1. The van der Waals surface area contributed by atoms with Crippen LogP contribution in [-0.4, -0.2) is 65.8 Å². The number of hydrogen-bond donors (Lipinski definition) is 1. The number of carbonyl (C=O) groups is 1. The summed E-state index contributed by atoms with van der Waals surface area (Å²) in [5.74, 6) is 0.313. The molecule has 1 amide bonds. The number of amides is 1. The first-order valence-electron chi connectivity index (χ1n) is 9.63. The number of nitrogens with zero attached hydrogens (tertiary/aromatic N) is 5. The van der Waals surface area contributed by atoms with E-state index in [1.54, 1.807) is 18.3 Å². The minimum atomic E-state index is -3.80. The Hall–Kier alpha value is -2.43. The lowest BCUT2D eigenvalue weighted by Crippen LogP contribution is -2.58. The van der Waals surface area contributed by atoms with E-state index in [9.17, 15) is 13.2 Å². The van der Waals surface area contributed by atoms with E-state index in [1.165, 1.54) is 8.61 Å². The topological polar surface area (TPSA) is 105 Å². The van der Waals surface area contributed by atoms with Gasteiger partial charge in [0.05, 0.1) is 18.8 Å². The smallest absolute Gasteiger partial charge is 0.305 e. The van der Waals surface area contributed by atoms with Crippen LogP contribution in [0.15, 0.2) is 36.7 Å². The van der Waals surface area contributed by atoms with Gasteiger partial charge >= 0.3 is 10.2 Å². The van der Waals surface area contributed by atoms with Gasteiger partial charge in [-0.3, -0.25) is 9.10 Å². The van der Waals surface area contributed by atoms with Gasteiger partial charge in [-0.1, -0.05) is 0 Å². The van der Waals surface area contributed by atoms with Crippen molar-refractivity contribution in [3.63, 3.8) is 0 Å². The fourth-order valence-electron chi connectivity index (χ4n) is 4.24. The quantitative estimate of drug-likeness (QED) is 0.770. The van der Waals surface area contributed by atoms with E-state index in [0.29, 0.717) is 25.2 Å². The van der Waals surface area contributed by atoms with E-state index in [1.807, 2.05) is 41.9 Å². The van der Waals surface area contributed by atoms with Crippen molar-refractivity contribution in [2.24, 2.45) is 5.73 Å². The molecule has 2 N–H and O–H groups in total. The normalized spacial score (nSPS) is 24.0. The van der Waals surface area contributed by atoms with E-state index in [2.05, 4.69) is 4.98 Å². The Morgan fingerprint density at radius 2 is 1.90 bits per heavy atom. The summed E-state index contributed by atoms with van der Waals surface area (Å²) in [4.78, 5) is 18.7. The van der Waals surface area contributed by atoms with Crippen molar-refractivity contribution < 1.29 is 13.2 Å². The van der Waals surface area contributed by atoms with E-state index in [0.717, 1.165) is 24.4 Å². The number of rotatable bonds is 5. The molecule has 1 aromatic carbocycles. The first kappa shape index (κ1) is 19.9. The van der Waals surface area contributed by atoms with Crippen molar-refractivity contribution in [3.8, 4) is 5.69 Å². The highest BCUT2D eigenvalue weighted by Crippen LogP contribution is 2.41. The monoisotopic (exact) mass is 418 g/mol. The molecule has 156 valence electrons. The Bertz CT molecular complexity index is 1020. The number of hydrogen-bond acceptors (Lipinski definition) is 5. The van der Waals surface area contributed by atoms with Gasteiger partial charge in [0.25, 0.3) is 0 Å². The van der Waals surface area contributed by atoms with E-state index in [4.69, 9.17) is 5.73 Å². The molecule has 2 fully saturated rings. The minimum Gasteiger partial charge on any atom is -0.368 e. The number of imidazole rings is 1. The van der Waals surface area contributed by atoms with Crippen molar-refractivity contribution in [2.75, 3.05) is 31.5 Å². The van der Waals surface area contributed by atoms with Gasteiger partial charge in [-0.2, -0.15) is 12.7 Å². The van der Waals surface area contributed by atoms with Gasteiger partial charge in [0, 0.05) is 24.6 Å². The van der Waals surface area contributed by atoms with Crippen LogP contribution in [0.4, 0.5) is 5.69 Å². The number of fused-ring (bicyclic) bond motifs is 1. The third kappa shape index (κ3) is 3.21. The van der Waals surface area contributed by atoms with Crippen LogP contribution in [0.1, 0.15) is 25.1 Å². The van der Waals surface area contributed by atoms with Crippen LogP contribution in [0.3, 0.4) is 0 Å². The molecule has 29 heavy (non-hydrogen) atoms. The molecule has 1 atom stereocenters. The SMILES string of the molecule is CN(C)Cc1nccn1-c1ccc(N2C[C@@]3(C(N)=O)CCCCN3S2(=O)=O)cc1. The molecule has 9 nitrogen and oxygen atoms in total. The zero-order valence-corrected chi connectivity index (χ0v) is 17.5. The van der Waals surface area contributed by atoms with Gasteiger partial charge in [-0.25, -0.2) is 4.98 Å². The van der Waals surface area contributed by atoms with Gasteiger partial charge < -0.3 is 15.2 Å². The third-order valence-electron chi connectivity index (χ3n) is 5.69. The summed E-state index contributed by atoms with van der Waals surface area (Å²) in [6, 6.07) is 7.25. The molecule has 0 saturated carbocycles. The fourth-order valence-corrected chi connectivity index (χ4v) is 6.28. The van der Waals surface area contributed by atoms with E-state index in [-0.39, 0.29) is 6.54 Å². The third-order valence-corrected chi connectivity index (χ3v) is 7.68. The molecule has 10 heteroatoms. The van der Waals surface area contributed by atoms with Crippen molar-refractivity contribution in [1.29, 1.82) is 0 Å². The Morgan fingerprint density at radius 1 is 1.21 bits per heavy atom. The predicted molar refractivity (Wildman–Crippen MR) is 110 cm³/mol. The highest BCUT2D eigenvalue weighted by Gasteiger charge is 2.59. The van der Waals surface area contributed by atoms with Crippen molar-refractivity contribution in [2.45, 2.75) is 31.3 Å². The van der Waals surface area contributed by atoms with Gasteiger partial charge in [0.2, 0.25) is 5.91 Å². The van der Waals surface area contributed by atoms with Crippen LogP contribution < -0.4 is 10.0 Å². The van der Waals surface area contributed by atoms with Crippen molar-refractivity contribution in [1.82, 2.24) is 18.8 Å². The fraction of sp³-hybridized carbons (Fsp3) is 0.474. The molecule has 2 aliphatic rings. The molecule has 0 unspecified atom stereocenters. The van der Waals surface area contributed by atoms with Gasteiger partial charge in [-0.15, -0.1) is 0 Å². The number of aromatic nitrogens is 2. The summed E-state index contributed by atoms with van der Waals surface area (Å²) < 4.78 is 30.9. The molecular weight excluding hydrogens is 392 g/mol. The maximum Gasteiger partial charge on any atom is 0.305 e. The first-order valence-corrected chi connectivity index (χ1v) is 11.0. The van der Waals surface area contributed by atoms with Crippen LogP contribution in [-0.2, 0) is 21.5 Å². The summed E-state index contributed by atoms with van der Waals surface area (Å²) in [6.45, 7) is 1.06. The predicted octanol–water partition coefficient (Wildman–Crippen LogP) is 0.709. The van der Waals surface area contributed by atoms with Crippen LogP contribution in [0.2, 0.25) is 0 Å². The molecule has 0 aliphatic carbocycles. The number of piperidine rings is 1. The maximum atomic E-state index is 13.1. The number of carbonyl (C=O) groups excluding carboxylic acids is 1. The molecule has 4 rings (SSSR count). The summed E-state index contributed by atoms with van der Waals surface area (Å²) in [7, 11) is 0.157. The second kappa shape index (κ2) is 7.12. The van der Waals surface area contributed by atoms with Crippen molar-refractivity contribution in [3.05, 3.63) is 42.5 Å². The number of benzene rings is 1. The first-order chi connectivity index (χ1) is 13.8. The lowest BCUT2D eigenvalue weighted by molar-refractivity contribution is -0.127. The molecular formula is C19H26N6O3S. The van der Waals surface area contributed by atoms with Crippen LogP contribution in [0.25, 0.3) is 5.69 Å². The highest BCUT2D eigenvalue weighted by atomic mass is 32.2. The van der Waals surface area contributed by atoms with Crippen LogP contribution in [0.5, 0.6) is 0 Å². The molecule has 0 radical (unpaired) electrons. The minimum absolute atomic E-state index is 0.0565. The maximum absolute atomic E-state index is 13.1. The second-order valence-corrected chi connectivity index (χ2v) is 9.68. The van der Waals surface area contributed by atoms with Crippen LogP contribution in [0, 0.1) is 0 Å². The molecule has 0 spiro atoms. The van der Waals surface area contributed by atoms with Gasteiger partial charge in [0.15, 0.2) is 0 Å². The zero-order chi connectivity index (χ0) is 20.8. The largest absolute Gasteiger partial charge is 0.368 e. The van der Waals surface area contributed by atoms with Crippen LogP contribution >= 0.6 is 0 Å². The molecule has 2 aromatic rings. The zero-order valence-electron chi connectivity index (χ0n) is 16.7. The molecule has 0 bridgehead atoms. The number of primary amides is 1. The average molecular weight is 419 g/mol. The second-order valence-electron chi connectivity index (χ2n) is 7.91. The molecule has 2 aliphatic heterocycles. The summed E-state index contributed by atoms with van der Waals surface area (Å²) in [5.41, 5.74) is 5.93. The highest BCUT2D eigenvalue weighted by molar-refractivity contribution is 7.90. The average Bonchev–Trinajstić information content (AvgIpc) is 3.22. The Morgan fingerprint density at radius 3 is 2.52 bits per heavy atom. The molecule has 2 saturated heterocycles. The summed E-state index contributed by atoms with van der Waals surface area (Å²) in [5, 5.41) is 0. The molecule has 1 aromatic heterocycles. The Kier molecular flexibility index (Phi) is 4.88. The van der Waals surface area contributed by atoms with Crippen molar-refractivity contribution >= 4 is 21.8 Å². The van der Waals surface area contributed by atoms with Gasteiger partial charge in [-0.05, 0) is 57.6 Å². The summed E-state index contributed by atoms with van der Waals surface area (Å²) >= 11 is 0. The Balaban J connectivity index is 1.66. The van der Waals surface area contributed by atoms with E-state index >= 15 is 0 Å². The summed E-state index contributed by atoms with van der Waals surface area (Å²) in [6.07, 6.45) is 5.60. The van der Waals surface area contributed by atoms with Gasteiger partial charge in [0.1, 0.15) is 11.4 Å². The lowest BCUT2D eigenvalue weighted by Gasteiger charge is -2.35. The molecule has 3 heterocycles. The number of anilines is 1. The van der Waals surface area contributed by atoms with E-state index < -0.39 is 21.7 Å².